The van der Waals surface area contributed by atoms with Gasteiger partial charge in [0.1, 0.15) is 0 Å². The molecule has 0 saturated heterocycles. The van der Waals surface area contributed by atoms with E-state index in [0.717, 1.165) is 6.07 Å². The summed E-state index contributed by atoms with van der Waals surface area (Å²) >= 11 is 0. The molecule has 0 spiro atoms. The van der Waals surface area contributed by atoms with E-state index >= 15 is 0 Å². The SMILES string of the molecule is CC(Oc1ccc([C@H](C)O)cc1F)C(=O)NC(N)=O. The Kier molecular flexibility index (Phi) is 4.82. The largest absolute Gasteiger partial charge is 0.478 e. The van der Waals surface area contributed by atoms with Gasteiger partial charge in [-0.2, -0.15) is 0 Å². The number of amides is 3. The molecule has 0 saturated carbocycles. The molecule has 7 heteroatoms. The molecule has 1 aromatic rings. The smallest absolute Gasteiger partial charge is 0.318 e. The van der Waals surface area contributed by atoms with Crippen LogP contribution in [0.25, 0.3) is 0 Å². The summed E-state index contributed by atoms with van der Waals surface area (Å²) in [5.74, 6) is -1.64. The number of hydrogen-bond acceptors (Lipinski definition) is 4. The van der Waals surface area contributed by atoms with Crippen molar-refractivity contribution in [1.29, 1.82) is 0 Å². The number of nitrogens with two attached hydrogens (primary N) is 1. The predicted octanol–water partition coefficient (Wildman–Crippen LogP) is 0.841. The van der Waals surface area contributed by atoms with Crippen LogP contribution in [0.5, 0.6) is 5.75 Å². The third-order valence-electron chi connectivity index (χ3n) is 2.36. The predicted molar refractivity (Wildman–Crippen MR) is 64.8 cm³/mol. The van der Waals surface area contributed by atoms with Gasteiger partial charge < -0.3 is 15.6 Å². The van der Waals surface area contributed by atoms with Crippen LogP contribution in [0.4, 0.5) is 9.18 Å². The maximum atomic E-state index is 13.6. The van der Waals surface area contributed by atoms with Crippen LogP contribution < -0.4 is 15.8 Å². The highest BCUT2D eigenvalue weighted by molar-refractivity contribution is 5.95. The van der Waals surface area contributed by atoms with Crippen molar-refractivity contribution in [3.8, 4) is 5.75 Å². The van der Waals surface area contributed by atoms with Crippen LogP contribution in [0.1, 0.15) is 25.5 Å². The highest BCUT2D eigenvalue weighted by Crippen LogP contribution is 2.22. The molecule has 0 fully saturated rings. The van der Waals surface area contributed by atoms with Crippen molar-refractivity contribution in [2.45, 2.75) is 26.1 Å². The Labute approximate surface area is 109 Å². The van der Waals surface area contributed by atoms with Crippen molar-refractivity contribution in [3.05, 3.63) is 29.6 Å². The van der Waals surface area contributed by atoms with Crippen molar-refractivity contribution in [3.63, 3.8) is 0 Å². The standard InChI is InChI=1S/C12H15FN2O4/c1-6(16)8-3-4-10(9(13)5-8)19-7(2)11(17)15-12(14)18/h3-7,16H,1-2H3,(H3,14,15,17,18)/t6-,7?/m0/s1. The van der Waals surface area contributed by atoms with Crippen LogP contribution in [0.15, 0.2) is 18.2 Å². The van der Waals surface area contributed by atoms with Gasteiger partial charge in [0.25, 0.3) is 5.91 Å². The first kappa shape index (κ1) is 14.9. The molecule has 104 valence electrons. The molecule has 0 aromatic heterocycles. The van der Waals surface area contributed by atoms with E-state index in [-0.39, 0.29) is 5.75 Å². The summed E-state index contributed by atoms with van der Waals surface area (Å²) in [5, 5.41) is 11.1. The van der Waals surface area contributed by atoms with Gasteiger partial charge in [0.05, 0.1) is 6.10 Å². The van der Waals surface area contributed by atoms with Gasteiger partial charge in [-0.25, -0.2) is 9.18 Å². The number of primary amides is 1. The lowest BCUT2D eigenvalue weighted by atomic mass is 10.1. The van der Waals surface area contributed by atoms with Gasteiger partial charge in [0, 0.05) is 0 Å². The van der Waals surface area contributed by atoms with Crippen molar-refractivity contribution >= 4 is 11.9 Å². The van der Waals surface area contributed by atoms with Gasteiger partial charge in [-0.15, -0.1) is 0 Å². The van der Waals surface area contributed by atoms with Gasteiger partial charge in [0.2, 0.25) is 0 Å². The second-order valence-electron chi connectivity index (χ2n) is 3.98. The molecular formula is C12H15FN2O4. The summed E-state index contributed by atoms with van der Waals surface area (Å²) in [6.45, 7) is 2.85. The molecule has 2 atom stereocenters. The molecule has 6 nitrogen and oxygen atoms in total. The number of aliphatic hydroxyl groups excluding tert-OH is 1. The lowest BCUT2D eigenvalue weighted by Crippen LogP contribution is -2.42. The number of urea groups is 1. The molecule has 0 bridgehead atoms. The number of halogens is 1. The molecule has 4 N–H and O–H groups in total. The summed E-state index contributed by atoms with van der Waals surface area (Å²) in [6.07, 6.45) is -1.89. The molecule has 0 aliphatic carbocycles. The Morgan fingerprint density at radius 2 is 2.05 bits per heavy atom. The molecule has 0 aliphatic rings. The summed E-state index contributed by atoms with van der Waals surface area (Å²) in [4.78, 5) is 21.8. The van der Waals surface area contributed by atoms with E-state index in [1.54, 1.807) is 0 Å². The highest BCUT2D eigenvalue weighted by Gasteiger charge is 2.18. The van der Waals surface area contributed by atoms with E-state index in [0.29, 0.717) is 5.56 Å². The first-order valence-electron chi connectivity index (χ1n) is 5.55. The van der Waals surface area contributed by atoms with Gasteiger partial charge in [-0.05, 0) is 31.5 Å². The molecule has 1 aromatic carbocycles. The van der Waals surface area contributed by atoms with Crippen LogP contribution in [-0.2, 0) is 4.79 Å². The molecule has 1 rings (SSSR count). The Morgan fingerprint density at radius 3 is 2.53 bits per heavy atom. The summed E-state index contributed by atoms with van der Waals surface area (Å²) < 4.78 is 18.7. The Bertz CT molecular complexity index is 491. The molecule has 0 aliphatic heterocycles. The number of imide groups is 1. The van der Waals surface area contributed by atoms with Crippen LogP contribution in [0.2, 0.25) is 0 Å². The van der Waals surface area contributed by atoms with Crippen LogP contribution in [0, 0.1) is 5.82 Å². The van der Waals surface area contributed by atoms with Gasteiger partial charge >= 0.3 is 6.03 Å². The second-order valence-corrected chi connectivity index (χ2v) is 3.98. The number of benzene rings is 1. The quantitative estimate of drug-likeness (QED) is 0.754. The molecule has 0 radical (unpaired) electrons. The first-order chi connectivity index (χ1) is 8.81. The van der Waals surface area contributed by atoms with Crippen LogP contribution >= 0.6 is 0 Å². The summed E-state index contributed by atoms with van der Waals surface area (Å²) in [7, 11) is 0. The van der Waals surface area contributed by atoms with Crippen LogP contribution in [0.3, 0.4) is 0 Å². The molecular weight excluding hydrogens is 255 g/mol. The van der Waals surface area contributed by atoms with Crippen molar-refractivity contribution < 1.29 is 23.8 Å². The lowest BCUT2D eigenvalue weighted by Gasteiger charge is -2.15. The Hall–Kier alpha value is -2.15. The zero-order chi connectivity index (χ0) is 14.6. The van der Waals surface area contributed by atoms with Gasteiger partial charge in [0.15, 0.2) is 17.7 Å². The minimum Gasteiger partial charge on any atom is -0.478 e. The zero-order valence-corrected chi connectivity index (χ0v) is 10.5. The monoisotopic (exact) mass is 270 g/mol. The van der Waals surface area contributed by atoms with Gasteiger partial charge in [-0.1, -0.05) is 6.07 Å². The van der Waals surface area contributed by atoms with E-state index in [1.165, 1.54) is 26.0 Å². The fourth-order valence-corrected chi connectivity index (χ4v) is 1.34. The normalized spacial score (nSPS) is 13.5. The van der Waals surface area contributed by atoms with Gasteiger partial charge in [-0.3, -0.25) is 10.1 Å². The molecule has 3 amide bonds. The van der Waals surface area contributed by atoms with Crippen molar-refractivity contribution in [2.24, 2.45) is 5.73 Å². The van der Waals surface area contributed by atoms with Crippen molar-refractivity contribution in [1.82, 2.24) is 5.32 Å². The average molecular weight is 270 g/mol. The second kappa shape index (κ2) is 6.14. The highest BCUT2D eigenvalue weighted by atomic mass is 19.1. The third-order valence-corrected chi connectivity index (χ3v) is 2.36. The number of nitrogens with one attached hydrogen (secondary N) is 1. The van der Waals surface area contributed by atoms with Crippen molar-refractivity contribution in [2.75, 3.05) is 0 Å². The maximum absolute atomic E-state index is 13.6. The van der Waals surface area contributed by atoms with E-state index in [1.807, 2.05) is 5.32 Å². The Balaban J connectivity index is 2.77. The molecule has 1 unspecified atom stereocenters. The van der Waals surface area contributed by atoms with E-state index in [9.17, 15) is 19.1 Å². The molecule has 19 heavy (non-hydrogen) atoms. The summed E-state index contributed by atoms with van der Waals surface area (Å²) in [6, 6.07) is 2.87. The number of ether oxygens (including phenoxy) is 1. The minimum absolute atomic E-state index is 0.156. The maximum Gasteiger partial charge on any atom is 0.318 e. The number of hydrogen-bond donors (Lipinski definition) is 3. The third kappa shape index (κ3) is 4.22. The topological polar surface area (TPSA) is 102 Å². The summed E-state index contributed by atoms with van der Waals surface area (Å²) in [5.41, 5.74) is 5.17. The number of aliphatic hydroxyl groups is 1. The number of carbonyl (C=O) groups is 2. The minimum atomic E-state index is -1.08. The van der Waals surface area contributed by atoms with E-state index in [4.69, 9.17) is 10.5 Å². The zero-order valence-electron chi connectivity index (χ0n) is 10.5. The Morgan fingerprint density at radius 1 is 1.42 bits per heavy atom. The first-order valence-corrected chi connectivity index (χ1v) is 5.55. The number of carbonyl (C=O) groups excluding carboxylic acids is 2. The van der Waals surface area contributed by atoms with E-state index in [2.05, 4.69) is 0 Å². The lowest BCUT2D eigenvalue weighted by molar-refractivity contribution is -0.126. The fourth-order valence-electron chi connectivity index (χ4n) is 1.34. The number of rotatable bonds is 4. The van der Waals surface area contributed by atoms with E-state index < -0.39 is 30.0 Å². The molecule has 0 heterocycles. The average Bonchev–Trinajstić information content (AvgIpc) is 2.30. The van der Waals surface area contributed by atoms with Crippen LogP contribution in [-0.4, -0.2) is 23.1 Å². The fraction of sp³-hybridized carbons (Fsp3) is 0.333.